The maximum atomic E-state index is 3.71. The molecule has 0 amide bonds. The van der Waals surface area contributed by atoms with Crippen LogP contribution in [0.2, 0.25) is 0 Å². The number of hydrogen-bond donors (Lipinski definition) is 0. The lowest BCUT2D eigenvalue weighted by Gasteiger charge is -2.29. The summed E-state index contributed by atoms with van der Waals surface area (Å²) in [5, 5.41) is 0. The first kappa shape index (κ1) is 12.9. The second kappa shape index (κ2) is 5.89. The summed E-state index contributed by atoms with van der Waals surface area (Å²) in [6, 6.07) is 19.8. The second-order valence-corrected chi connectivity index (χ2v) is 5.93. The third-order valence-electron chi connectivity index (χ3n) is 3.82. The molecule has 0 radical (unpaired) electrons. The van der Waals surface area contributed by atoms with Crippen LogP contribution in [-0.4, -0.2) is 18.0 Å². The zero-order valence-corrected chi connectivity index (χ0v) is 12.5. The van der Waals surface area contributed by atoms with Gasteiger partial charge in [-0.3, -0.25) is 4.90 Å². The Bertz CT molecular complexity index is 532. The molecule has 0 aliphatic carbocycles. The van der Waals surface area contributed by atoms with Crippen LogP contribution in [0.3, 0.4) is 0 Å². The van der Waals surface area contributed by atoms with Crippen LogP contribution >= 0.6 is 15.9 Å². The molecule has 0 aromatic heterocycles. The number of nitrogens with zero attached hydrogens (tertiary/aromatic N) is 1. The molecule has 0 N–H and O–H groups in total. The molecule has 2 aromatic rings. The average molecular weight is 316 g/mol. The fourth-order valence-corrected chi connectivity index (χ4v) is 3.42. The van der Waals surface area contributed by atoms with Crippen molar-refractivity contribution in [2.24, 2.45) is 0 Å². The van der Waals surface area contributed by atoms with Crippen LogP contribution in [0.4, 0.5) is 0 Å². The normalized spacial score (nSPS) is 17.5. The molecule has 1 heterocycles. The van der Waals surface area contributed by atoms with E-state index in [1.165, 1.54) is 41.5 Å². The smallest absolute Gasteiger partial charge is 0.0612 e. The van der Waals surface area contributed by atoms with Crippen LogP contribution in [0.15, 0.2) is 59.1 Å². The first-order valence-corrected chi connectivity index (χ1v) is 7.69. The molecule has 0 saturated carbocycles. The molecule has 2 heteroatoms. The van der Waals surface area contributed by atoms with E-state index in [4.69, 9.17) is 0 Å². The first-order chi connectivity index (χ1) is 9.36. The fraction of sp³-hybridized carbons (Fsp3) is 0.294. The van der Waals surface area contributed by atoms with Gasteiger partial charge in [0, 0.05) is 4.47 Å². The molecule has 1 aliphatic heterocycles. The Hall–Kier alpha value is -1.12. The molecule has 1 fully saturated rings. The molecule has 19 heavy (non-hydrogen) atoms. The van der Waals surface area contributed by atoms with Gasteiger partial charge in [0.15, 0.2) is 0 Å². The van der Waals surface area contributed by atoms with E-state index in [0.717, 1.165) is 0 Å². The minimum absolute atomic E-state index is 0.374. The van der Waals surface area contributed by atoms with Crippen LogP contribution < -0.4 is 0 Å². The molecule has 0 spiro atoms. The lowest BCUT2D eigenvalue weighted by Crippen LogP contribution is -2.26. The summed E-state index contributed by atoms with van der Waals surface area (Å²) in [6.07, 6.45) is 2.63. The maximum absolute atomic E-state index is 3.71. The Morgan fingerprint density at radius 2 is 1.47 bits per heavy atom. The topological polar surface area (TPSA) is 3.24 Å². The van der Waals surface area contributed by atoms with Gasteiger partial charge in [-0.15, -0.1) is 0 Å². The van der Waals surface area contributed by atoms with Crippen molar-refractivity contribution < 1.29 is 0 Å². The molecule has 0 bridgehead atoms. The van der Waals surface area contributed by atoms with Crippen molar-refractivity contribution in [1.29, 1.82) is 0 Å². The first-order valence-electron chi connectivity index (χ1n) is 6.90. The Kier molecular flexibility index (Phi) is 4.00. The van der Waals surface area contributed by atoms with Crippen LogP contribution in [0, 0.1) is 0 Å². The zero-order chi connectivity index (χ0) is 13.1. The van der Waals surface area contributed by atoms with Gasteiger partial charge < -0.3 is 0 Å². The summed E-state index contributed by atoms with van der Waals surface area (Å²) in [6.45, 7) is 2.39. The summed E-state index contributed by atoms with van der Waals surface area (Å²) >= 11 is 3.71. The monoisotopic (exact) mass is 315 g/mol. The van der Waals surface area contributed by atoms with Gasteiger partial charge in [0.05, 0.1) is 6.04 Å². The van der Waals surface area contributed by atoms with Crippen molar-refractivity contribution in [2.45, 2.75) is 18.9 Å². The zero-order valence-electron chi connectivity index (χ0n) is 10.9. The molecule has 1 nitrogen and oxygen atoms in total. The molecule has 3 rings (SSSR count). The minimum atomic E-state index is 0.374. The average Bonchev–Trinajstić information content (AvgIpc) is 2.96. The van der Waals surface area contributed by atoms with Crippen molar-refractivity contribution in [3.05, 3.63) is 70.2 Å². The lowest BCUT2D eigenvalue weighted by atomic mass is 9.97. The van der Waals surface area contributed by atoms with Crippen molar-refractivity contribution in [1.82, 2.24) is 4.90 Å². The van der Waals surface area contributed by atoms with Gasteiger partial charge in [0.2, 0.25) is 0 Å². The van der Waals surface area contributed by atoms with E-state index in [0.29, 0.717) is 6.04 Å². The highest BCUT2D eigenvalue weighted by atomic mass is 79.9. The van der Waals surface area contributed by atoms with Gasteiger partial charge in [-0.05, 0) is 43.1 Å². The SMILES string of the molecule is Brc1ccccc1[C@H](c1ccccc1)N1CCCC1. The van der Waals surface area contributed by atoms with Crippen molar-refractivity contribution in [2.75, 3.05) is 13.1 Å². The highest BCUT2D eigenvalue weighted by Crippen LogP contribution is 2.35. The minimum Gasteiger partial charge on any atom is -0.292 e. The van der Waals surface area contributed by atoms with Gasteiger partial charge in [-0.1, -0.05) is 64.5 Å². The van der Waals surface area contributed by atoms with E-state index < -0.39 is 0 Å². The Labute approximate surface area is 123 Å². The molecule has 1 saturated heterocycles. The van der Waals surface area contributed by atoms with Gasteiger partial charge in [0.1, 0.15) is 0 Å². The Balaban J connectivity index is 2.04. The number of likely N-dealkylation sites (tertiary alicyclic amines) is 1. The predicted octanol–water partition coefficient (Wildman–Crippen LogP) is 4.63. The Morgan fingerprint density at radius 1 is 0.842 bits per heavy atom. The van der Waals surface area contributed by atoms with Gasteiger partial charge in [0.25, 0.3) is 0 Å². The van der Waals surface area contributed by atoms with E-state index in [9.17, 15) is 0 Å². The van der Waals surface area contributed by atoms with E-state index in [1.54, 1.807) is 0 Å². The molecule has 2 aromatic carbocycles. The second-order valence-electron chi connectivity index (χ2n) is 5.08. The predicted molar refractivity (Wildman–Crippen MR) is 83.2 cm³/mol. The summed E-state index contributed by atoms with van der Waals surface area (Å²) in [7, 11) is 0. The molecule has 0 unspecified atom stereocenters. The summed E-state index contributed by atoms with van der Waals surface area (Å²) < 4.78 is 1.20. The third kappa shape index (κ3) is 2.75. The van der Waals surface area contributed by atoms with Crippen LogP contribution in [0.5, 0.6) is 0 Å². The summed E-state index contributed by atoms with van der Waals surface area (Å²) in [5.41, 5.74) is 2.76. The van der Waals surface area contributed by atoms with Gasteiger partial charge in [-0.25, -0.2) is 0 Å². The van der Waals surface area contributed by atoms with Crippen molar-refractivity contribution in [3.63, 3.8) is 0 Å². The van der Waals surface area contributed by atoms with E-state index in [-0.39, 0.29) is 0 Å². The number of rotatable bonds is 3. The van der Waals surface area contributed by atoms with Crippen LogP contribution in [-0.2, 0) is 0 Å². The van der Waals surface area contributed by atoms with E-state index in [1.807, 2.05) is 0 Å². The number of halogens is 1. The summed E-state index contributed by atoms with van der Waals surface area (Å²) in [4.78, 5) is 2.59. The molecule has 1 atom stereocenters. The summed E-state index contributed by atoms with van der Waals surface area (Å²) in [5.74, 6) is 0. The van der Waals surface area contributed by atoms with Crippen molar-refractivity contribution >= 4 is 15.9 Å². The van der Waals surface area contributed by atoms with E-state index in [2.05, 4.69) is 75.4 Å². The third-order valence-corrected chi connectivity index (χ3v) is 4.54. The Morgan fingerprint density at radius 3 is 2.16 bits per heavy atom. The molecule has 98 valence electrons. The van der Waals surface area contributed by atoms with E-state index >= 15 is 0 Å². The number of benzene rings is 2. The highest BCUT2D eigenvalue weighted by molar-refractivity contribution is 9.10. The fourth-order valence-electron chi connectivity index (χ4n) is 2.92. The molecule has 1 aliphatic rings. The quantitative estimate of drug-likeness (QED) is 0.798. The highest BCUT2D eigenvalue weighted by Gasteiger charge is 2.25. The van der Waals surface area contributed by atoms with Crippen LogP contribution in [0.25, 0.3) is 0 Å². The molecular formula is C17H18BrN. The molecular weight excluding hydrogens is 298 g/mol. The van der Waals surface area contributed by atoms with Crippen molar-refractivity contribution in [3.8, 4) is 0 Å². The van der Waals surface area contributed by atoms with Crippen LogP contribution in [0.1, 0.15) is 30.0 Å². The van der Waals surface area contributed by atoms with Gasteiger partial charge in [-0.2, -0.15) is 0 Å². The largest absolute Gasteiger partial charge is 0.292 e. The number of hydrogen-bond acceptors (Lipinski definition) is 1. The van der Waals surface area contributed by atoms with Gasteiger partial charge >= 0.3 is 0 Å². The maximum Gasteiger partial charge on any atom is 0.0612 e. The lowest BCUT2D eigenvalue weighted by molar-refractivity contribution is 0.280. The standard InChI is InChI=1S/C17H18BrN/c18-16-11-5-4-10-15(16)17(19-12-6-7-13-19)14-8-2-1-3-9-14/h1-5,8-11,17H,6-7,12-13H2/t17-/m0/s1.